The first-order chi connectivity index (χ1) is 11.6. The smallest absolute Gasteiger partial charge is 0.225 e. The minimum Gasteiger partial charge on any atom is -0.388 e. The predicted octanol–water partition coefficient (Wildman–Crippen LogP) is 1.24. The fourth-order valence-corrected chi connectivity index (χ4v) is 3.59. The van der Waals surface area contributed by atoms with Gasteiger partial charge in [-0.25, -0.2) is 0 Å². The van der Waals surface area contributed by atoms with E-state index < -0.39 is 5.60 Å². The zero-order valence-corrected chi connectivity index (χ0v) is 13.9. The lowest BCUT2D eigenvalue weighted by Crippen LogP contribution is -2.46. The second-order valence-electron chi connectivity index (χ2n) is 7.03. The molecule has 1 aromatic rings. The lowest BCUT2D eigenvalue weighted by molar-refractivity contribution is -0.129. The number of carbonyl (C=O) groups is 2. The average Bonchev–Trinajstić information content (AvgIpc) is 2.95. The van der Waals surface area contributed by atoms with E-state index >= 15 is 0 Å². The zero-order chi connectivity index (χ0) is 17.0. The lowest BCUT2D eigenvalue weighted by Gasteiger charge is -2.32. The lowest BCUT2D eigenvalue weighted by atomic mass is 9.85. The van der Waals surface area contributed by atoms with Crippen molar-refractivity contribution < 1.29 is 14.7 Å². The molecule has 2 heterocycles. The third-order valence-electron chi connectivity index (χ3n) is 5.08. The Morgan fingerprint density at radius 3 is 2.71 bits per heavy atom. The van der Waals surface area contributed by atoms with Gasteiger partial charge >= 0.3 is 0 Å². The summed E-state index contributed by atoms with van der Waals surface area (Å²) in [4.78, 5) is 30.2. The molecule has 0 bridgehead atoms. The first kappa shape index (κ1) is 16.9. The van der Waals surface area contributed by atoms with Crippen LogP contribution in [0.25, 0.3) is 0 Å². The van der Waals surface area contributed by atoms with Crippen molar-refractivity contribution in [2.45, 2.75) is 50.7 Å². The van der Waals surface area contributed by atoms with E-state index in [2.05, 4.69) is 10.3 Å². The van der Waals surface area contributed by atoms with E-state index in [4.69, 9.17) is 0 Å². The molecule has 1 atom stereocenters. The topological polar surface area (TPSA) is 82.5 Å². The maximum absolute atomic E-state index is 12.4. The molecule has 6 heteroatoms. The Kier molecular flexibility index (Phi) is 5.14. The number of hydrogen-bond donors (Lipinski definition) is 2. The van der Waals surface area contributed by atoms with Crippen LogP contribution in [0.2, 0.25) is 0 Å². The van der Waals surface area contributed by atoms with E-state index in [1.807, 2.05) is 12.1 Å². The van der Waals surface area contributed by atoms with Gasteiger partial charge in [-0.05, 0) is 30.5 Å². The van der Waals surface area contributed by atoms with Gasteiger partial charge in [0.25, 0.3) is 0 Å². The molecule has 1 saturated carbocycles. The highest BCUT2D eigenvalue weighted by Gasteiger charge is 2.36. The van der Waals surface area contributed by atoms with Gasteiger partial charge in [0.1, 0.15) is 0 Å². The SMILES string of the molecule is O=C(NCC1(O)CCCCC1)[C@@H]1CC(=O)N(Cc2ccncc2)C1. The molecule has 0 unspecified atom stereocenters. The molecule has 130 valence electrons. The van der Waals surface area contributed by atoms with Crippen LogP contribution in [0.4, 0.5) is 0 Å². The second-order valence-corrected chi connectivity index (χ2v) is 7.03. The number of aliphatic hydroxyl groups is 1. The summed E-state index contributed by atoms with van der Waals surface area (Å²) in [7, 11) is 0. The maximum atomic E-state index is 12.4. The molecular weight excluding hydrogens is 306 g/mol. The Labute approximate surface area is 142 Å². The summed E-state index contributed by atoms with van der Waals surface area (Å²) in [6.45, 7) is 1.24. The van der Waals surface area contributed by atoms with Gasteiger partial charge in [-0.2, -0.15) is 0 Å². The van der Waals surface area contributed by atoms with E-state index in [0.29, 0.717) is 19.6 Å². The van der Waals surface area contributed by atoms with Gasteiger partial charge in [0, 0.05) is 38.4 Å². The average molecular weight is 331 g/mol. The van der Waals surface area contributed by atoms with Crippen LogP contribution in [-0.2, 0) is 16.1 Å². The minimum atomic E-state index is -0.771. The molecule has 3 rings (SSSR count). The Bertz CT molecular complexity index is 584. The molecule has 2 amide bonds. The number of rotatable bonds is 5. The van der Waals surface area contributed by atoms with Gasteiger partial charge in [-0.15, -0.1) is 0 Å². The Morgan fingerprint density at radius 1 is 1.29 bits per heavy atom. The summed E-state index contributed by atoms with van der Waals surface area (Å²) in [5.41, 5.74) is 0.240. The van der Waals surface area contributed by atoms with Crippen LogP contribution in [0.5, 0.6) is 0 Å². The van der Waals surface area contributed by atoms with Crippen molar-refractivity contribution in [1.82, 2.24) is 15.2 Å². The van der Waals surface area contributed by atoms with Gasteiger partial charge in [0.15, 0.2) is 0 Å². The van der Waals surface area contributed by atoms with Crippen LogP contribution in [0.1, 0.15) is 44.1 Å². The van der Waals surface area contributed by atoms with E-state index in [0.717, 1.165) is 37.7 Å². The van der Waals surface area contributed by atoms with Crippen LogP contribution in [0.15, 0.2) is 24.5 Å². The minimum absolute atomic E-state index is 0.00309. The van der Waals surface area contributed by atoms with Crippen molar-refractivity contribution in [2.24, 2.45) is 5.92 Å². The first-order valence-electron chi connectivity index (χ1n) is 8.72. The fourth-order valence-electron chi connectivity index (χ4n) is 3.59. The largest absolute Gasteiger partial charge is 0.388 e. The van der Waals surface area contributed by atoms with E-state index in [-0.39, 0.29) is 24.2 Å². The normalized spacial score (nSPS) is 23.3. The Balaban J connectivity index is 1.50. The van der Waals surface area contributed by atoms with Crippen LogP contribution in [0.3, 0.4) is 0 Å². The third-order valence-corrected chi connectivity index (χ3v) is 5.08. The van der Waals surface area contributed by atoms with Gasteiger partial charge in [0.05, 0.1) is 11.5 Å². The third kappa shape index (κ3) is 4.12. The standard InChI is InChI=1S/C18H25N3O3/c22-16-10-15(12-21(16)11-14-4-8-19-9-5-14)17(23)20-13-18(24)6-2-1-3-7-18/h4-5,8-9,15,24H,1-3,6-7,10-13H2,(H,20,23)/t15-/m1/s1. The van der Waals surface area contributed by atoms with Crippen molar-refractivity contribution >= 4 is 11.8 Å². The molecule has 1 aliphatic heterocycles. The van der Waals surface area contributed by atoms with Gasteiger partial charge < -0.3 is 15.3 Å². The number of carbonyl (C=O) groups excluding carboxylic acids is 2. The van der Waals surface area contributed by atoms with E-state index in [1.165, 1.54) is 0 Å². The molecule has 1 saturated heterocycles. The quantitative estimate of drug-likeness (QED) is 0.850. The number of nitrogens with zero attached hydrogens (tertiary/aromatic N) is 2. The zero-order valence-electron chi connectivity index (χ0n) is 13.9. The summed E-state index contributed by atoms with van der Waals surface area (Å²) in [5.74, 6) is -0.450. The molecular formula is C18H25N3O3. The molecule has 0 radical (unpaired) electrons. The van der Waals surface area contributed by atoms with Crippen molar-refractivity contribution in [3.8, 4) is 0 Å². The summed E-state index contributed by atoms with van der Waals surface area (Å²) >= 11 is 0. The van der Waals surface area contributed by atoms with Crippen LogP contribution >= 0.6 is 0 Å². The molecule has 6 nitrogen and oxygen atoms in total. The number of hydrogen-bond acceptors (Lipinski definition) is 4. The summed E-state index contributed by atoms with van der Waals surface area (Å²) in [6.07, 6.45) is 8.29. The van der Waals surface area contributed by atoms with Crippen LogP contribution in [-0.4, -0.2) is 45.5 Å². The Morgan fingerprint density at radius 2 is 2.00 bits per heavy atom. The van der Waals surface area contributed by atoms with Crippen molar-refractivity contribution in [3.63, 3.8) is 0 Å². The van der Waals surface area contributed by atoms with Gasteiger partial charge in [-0.1, -0.05) is 19.3 Å². The number of nitrogens with one attached hydrogen (secondary N) is 1. The number of aromatic nitrogens is 1. The molecule has 24 heavy (non-hydrogen) atoms. The van der Waals surface area contributed by atoms with Crippen molar-refractivity contribution in [1.29, 1.82) is 0 Å². The number of amides is 2. The maximum Gasteiger partial charge on any atom is 0.225 e. The fraction of sp³-hybridized carbons (Fsp3) is 0.611. The highest BCUT2D eigenvalue weighted by atomic mass is 16.3. The number of likely N-dealkylation sites (tertiary alicyclic amines) is 1. The highest BCUT2D eigenvalue weighted by Crippen LogP contribution is 2.27. The van der Waals surface area contributed by atoms with Gasteiger partial charge in [0.2, 0.25) is 11.8 Å². The molecule has 2 N–H and O–H groups in total. The van der Waals surface area contributed by atoms with E-state index in [1.54, 1.807) is 17.3 Å². The predicted molar refractivity (Wildman–Crippen MR) is 88.8 cm³/mol. The molecule has 2 aliphatic rings. The summed E-state index contributed by atoms with van der Waals surface area (Å²) < 4.78 is 0. The monoisotopic (exact) mass is 331 g/mol. The summed E-state index contributed by atoms with van der Waals surface area (Å²) in [5, 5.41) is 13.3. The highest BCUT2D eigenvalue weighted by molar-refractivity contribution is 5.89. The van der Waals surface area contributed by atoms with Gasteiger partial charge in [-0.3, -0.25) is 14.6 Å². The van der Waals surface area contributed by atoms with E-state index in [9.17, 15) is 14.7 Å². The number of pyridine rings is 1. The molecule has 2 fully saturated rings. The first-order valence-corrected chi connectivity index (χ1v) is 8.72. The second kappa shape index (κ2) is 7.30. The molecule has 0 aromatic carbocycles. The van der Waals surface area contributed by atoms with Crippen LogP contribution < -0.4 is 5.32 Å². The molecule has 0 spiro atoms. The molecule has 1 aliphatic carbocycles. The summed E-state index contributed by atoms with van der Waals surface area (Å²) in [6, 6.07) is 3.75. The van der Waals surface area contributed by atoms with Crippen LogP contribution in [0, 0.1) is 5.92 Å². The molecule has 1 aromatic heterocycles. The van der Waals surface area contributed by atoms with Crippen molar-refractivity contribution in [3.05, 3.63) is 30.1 Å². The van der Waals surface area contributed by atoms with Crippen molar-refractivity contribution in [2.75, 3.05) is 13.1 Å². The Hall–Kier alpha value is -1.95.